The van der Waals surface area contributed by atoms with E-state index in [4.69, 9.17) is 5.14 Å². The standard InChI is InChI=1S/C37H43FN4O4S.C33H36FN3O3.C4H9NO2S/c1-36(14-15-36)47(45,46)39-34(43)23-8-12-28-31(16-23)41-21-37(35(44)42-25-10-11-26(42)20-40(2)19-25)18-30(37)29-17-24(38)9-13-27(29)33(41)32(28)22-6-4-3-5-7-22;1-35-16-22-9-10-23(17-35)37(22)32(40)33-15-27(33)26-14-21(34)8-12-24(26)30-29(19-5-3-2-4-6-19)25-11-7-20(31(38)39)13-28(25)36(30)18-33;1-4(2-3-4)8(5,6)7/h8-9,12-13,16-17,22,25-26,30H,3-7,10-11,14-15,18-21H2,1-2H3,(H,39,43);7-8,11-14,19,22-23,27H,2-6,9-10,15-18H2,1H3,(H,38,39);2-3H2,1H3,(H2,5,6,7)/t25?,26?,30-,37-;22?,23?,27-,33-;/m00./s1. The predicted octanol–water partition coefficient (Wildman–Crippen LogP) is 11.7. The lowest BCUT2D eigenvalue weighted by molar-refractivity contribution is -0.144. The van der Waals surface area contributed by atoms with Crippen LogP contribution in [0.25, 0.3) is 44.3 Å². The number of sulfonamides is 2. The van der Waals surface area contributed by atoms with Crippen LogP contribution in [-0.2, 0) is 42.7 Å². The number of aromatic carboxylic acids is 1. The summed E-state index contributed by atoms with van der Waals surface area (Å²) in [5.41, 5.74) is 9.46. The number of primary sulfonamides is 1. The minimum Gasteiger partial charge on any atom is -0.478 e. The molecule has 4 N–H and O–H groups in total. The second-order valence-corrected chi connectivity index (χ2v) is 35.7. The Morgan fingerprint density at radius 2 is 0.937 bits per heavy atom. The van der Waals surface area contributed by atoms with Crippen molar-refractivity contribution in [1.29, 1.82) is 0 Å². The highest BCUT2D eigenvalue weighted by atomic mass is 32.2. The lowest BCUT2D eigenvalue weighted by Gasteiger charge is -2.41. The molecule has 21 heteroatoms. The number of piperazine rings is 2. The molecule has 6 aromatic rings. The zero-order valence-corrected chi connectivity index (χ0v) is 56.6. The molecule has 0 spiro atoms. The summed E-state index contributed by atoms with van der Waals surface area (Å²) in [6.45, 7) is 7.86. The number of nitrogens with one attached hydrogen (secondary N) is 1. The molecule has 3 amide bonds. The summed E-state index contributed by atoms with van der Waals surface area (Å²) in [4.78, 5) is 64.2. The molecule has 2 aromatic heterocycles. The van der Waals surface area contributed by atoms with Gasteiger partial charge in [0.15, 0.2) is 0 Å². The fraction of sp³-hybridized carbons (Fsp3) is 0.568. The van der Waals surface area contributed by atoms with Crippen molar-refractivity contribution in [1.82, 2.24) is 33.5 Å². The van der Waals surface area contributed by atoms with Gasteiger partial charge in [-0.05, 0) is 213 Å². The number of nitrogens with zero attached hydrogens (tertiary/aromatic N) is 6. The highest BCUT2D eigenvalue weighted by Crippen LogP contribution is 2.68. The van der Waals surface area contributed by atoms with E-state index in [0.717, 1.165) is 159 Å². The maximum absolute atomic E-state index is 15.1. The van der Waals surface area contributed by atoms with Gasteiger partial charge in [-0.25, -0.2) is 40.3 Å². The van der Waals surface area contributed by atoms with E-state index in [2.05, 4.69) is 47.6 Å². The number of carbonyl (C=O) groups is 4. The molecule has 12 aliphatic rings. The average Bonchev–Trinajstić information content (AvgIpc) is 1.52. The third-order valence-electron chi connectivity index (χ3n) is 25.2. The molecule has 4 unspecified atom stereocenters. The number of hydrogen-bond acceptors (Lipinski definition) is 10. The van der Waals surface area contributed by atoms with Crippen LogP contribution in [0.1, 0.15) is 209 Å². The zero-order valence-electron chi connectivity index (χ0n) is 55.0. The Balaban J connectivity index is 0.000000135. The van der Waals surface area contributed by atoms with E-state index < -0.39 is 52.2 Å². The van der Waals surface area contributed by atoms with E-state index in [1.165, 1.54) is 42.9 Å². The molecule has 10 fully saturated rings. The van der Waals surface area contributed by atoms with Crippen molar-refractivity contribution < 1.29 is 49.9 Å². The summed E-state index contributed by atoms with van der Waals surface area (Å²) in [5, 5.41) is 16.9. The fourth-order valence-corrected chi connectivity index (χ4v) is 21.1. The molecule has 504 valence electrons. The molecule has 4 bridgehead atoms. The number of likely N-dealkylation sites (tertiary alicyclic amines) is 2. The number of hydrogen-bond donors (Lipinski definition) is 3. The third kappa shape index (κ3) is 10.4. The van der Waals surface area contributed by atoms with Crippen molar-refractivity contribution in [3.63, 3.8) is 0 Å². The molecule has 8 atom stereocenters. The monoisotopic (exact) mass is 1330 g/mol. The summed E-state index contributed by atoms with van der Waals surface area (Å²) >= 11 is 0. The number of likely N-dealkylation sites (N-methyl/N-ethyl adjacent to an activating group) is 2. The van der Waals surface area contributed by atoms with Crippen molar-refractivity contribution in [3.05, 3.63) is 118 Å². The largest absolute Gasteiger partial charge is 0.478 e. The first-order valence-corrected chi connectivity index (χ1v) is 38.1. The van der Waals surface area contributed by atoms with Crippen LogP contribution in [-0.4, -0.2) is 148 Å². The quantitative estimate of drug-likeness (QED) is 0.124. The maximum Gasteiger partial charge on any atom is 0.335 e. The van der Waals surface area contributed by atoms with Crippen LogP contribution in [0.5, 0.6) is 0 Å². The number of halogens is 2. The Morgan fingerprint density at radius 1 is 0.537 bits per heavy atom. The van der Waals surface area contributed by atoms with Crippen LogP contribution in [0, 0.1) is 22.5 Å². The predicted molar refractivity (Wildman–Crippen MR) is 360 cm³/mol. The summed E-state index contributed by atoms with van der Waals surface area (Å²) in [5.74, 6) is -1.14. The third-order valence-corrected chi connectivity index (χ3v) is 29.1. The SMILES string of the molecule is CC1(S(N)(=O)=O)CC1.CN1CC2CCC(C1)N2C(=O)[C@]12C[C@H]1c1cc(F)ccc1-c1c(C3CCCCC3)c3ccc(C(=O)NS(=O)(=O)C4(C)CC4)cc3n1C2.CN1CC2CCC(C1)N2C(=O)[C@]12C[C@H]1c1cc(F)ccc1-c1c(C3CCCCC3)c3ccc(C(=O)O)cc3n1C2. The molecule has 95 heavy (non-hydrogen) atoms. The number of carboxylic acid groups (broad SMARTS) is 1. The number of carbonyl (C=O) groups excluding carboxylic acids is 3. The van der Waals surface area contributed by atoms with Crippen LogP contribution in [0.15, 0.2) is 72.8 Å². The van der Waals surface area contributed by atoms with Gasteiger partial charge in [0.1, 0.15) is 11.6 Å². The summed E-state index contributed by atoms with van der Waals surface area (Å²) < 4.78 is 82.3. The first-order valence-electron chi connectivity index (χ1n) is 35.1. The summed E-state index contributed by atoms with van der Waals surface area (Å²) in [6, 6.07) is 22.1. The minimum absolute atomic E-state index is 0.0263. The Kier molecular flexibility index (Phi) is 15.0. The first-order chi connectivity index (χ1) is 45.3. The number of amides is 3. The van der Waals surface area contributed by atoms with Crippen LogP contribution < -0.4 is 9.86 Å². The molecule has 4 aromatic carbocycles. The minimum atomic E-state index is -3.81. The second kappa shape index (κ2) is 22.5. The van der Waals surface area contributed by atoms with E-state index in [9.17, 15) is 45.5 Å². The Bertz CT molecular complexity index is 4440. The zero-order chi connectivity index (χ0) is 66.2. The van der Waals surface area contributed by atoms with E-state index in [1.807, 2.05) is 30.3 Å². The Hall–Kier alpha value is -6.52. The smallest absolute Gasteiger partial charge is 0.335 e. The van der Waals surface area contributed by atoms with Gasteiger partial charge in [0.2, 0.25) is 31.9 Å². The normalized spacial score (nSPS) is 29.2. The van der Waals surface area contributed by atoms with E-state index in [1.54, 1.807) is 50.2 Å². The van der Waals surface area contributed by atoms with Crippen molar-refractivity contribution >= 4 is 65.5 Å². The maximum atomic E-state index is 15.1. The van der Waals surface area contributed by atoms with E-state index in [-0.39, 0.29) is 70.6 Å². The number of rotatable bonds is 9. The Labute approximate surface area is 555 Å². The van der Waals surface area contributed by atoms with Gasteiger partial charge < -0.3 is 33.8 Å². The van der Waals surface area contributed by atoms with Gasteiger partial charge in [0.25, 0.3) is 5.91 Å². The highest BCUT2D eigenvalue weighted by Gasteiger charge is 2.67. The van der Waals surface area contributed by atoms with E-state index in [0.29, 0.717) is 50.6 Å². The molecule has 18 rings (SSSR count). The van der Waals surface area contributed by atoms with Gasteiger partial charge in [0, 0.05) is 114 Å². The van der Waals surface area contributed by atoms with Crippen molar-refractivity contribution in [2.24, 2.45) is 16.0 Å². The molecular weight excluding hydrogens is 1250 g/mol. The van der Waals surface area contributed by atoms with Crippen LogP contribution in [0.4, 0.5) is 8.78 Å². The summed E-state index contributed by atoms with van der Waals surface area (Å²) in [6.07, 6.45) is 19.4. The first kappa shape index (κ1) is 63.2. The number of nitrogens with two attached hydrogens (primary N) is 1. The second-order valence-electron chi connectivity index (χ2n) is 31.4. The van der Waals surface area contributed by atoms with Crippen molar-refractivity contribution in [3.8, 4) is 22.5 Å². The number of aromatic nitrogens is 2. The molecule has 17 nitrogen and oxygen atoms in total. The highest BCUT2D eigenvalue weighted by molar-refractivity contribution is 7.91. The van der Waals surface area contributed by atoms with Crippen LogP contribution in [0.2, 0.25) is 0 Å². The van der Waals surface area contributed by atoms with Gasteiger partial charge in [0.05, 0.1) is 37.3 Å². The molecular formula is C74H88F2N8O9S2. The van der Waals surface area contributed by atoms with E-state index >= 15 is 4.39 Å². The van der Waals surface area contributed by atoms with Gasteiger partial charge >= 0.3 is 5.97 Å². The number of carboxylic acids is 1. The van der Waals surface area contributed by atoms with Gasteiger partial charge in [-0.15, -0.1) is 0 Å². The molecule has 6 saturated carbocycles. The number of fused-ring (bicyclic) bond motifs is 18. The van der Waals surface area contributed by atoms with Gasteiger partial charge in [-0.2, -0.15) is 0 Å². The topological polar surface area (TPSA) is 218 Å². The lowest BCUT2D eigenvalue weighted by Crippen LogP contribution is -2.57. The molecule has 6 aliphatic heterocycles. The Morgan fingerprint density at radius 3 is 1.32 bits per heavy atom. The fourth-order valence-electron chi connectivity index (χ4n) is 19.2. The van der Waals surface area contributed by atoms with Gasteiger partial charge in [-0.1, -0.05) is 50.7 Å². The van der Waals surface area contributed by atoms with Crippen molar-refractivity contribution in [2.45, 2.75) is 213 Å². The van der Waals surface area contributed by atoms with Crippen LogP contribution in [0.3, 0.4) is 0 Å². The molecule has 8 heterocycles. The van der Waals surface area contributed by atoms with Crippen LogP contribution >= 0.6 is 0 Å². The summed E-state index contributed by atoms with van der Waals surface area (Å²) in [7, 11) is -2.77. The molecule has 4 saturated heterocycles. The number of benzene rings is 4. The van der Waals surface area contributed by atoms with Gasteiger partial charge in [-0.3, -0.25) is 14.4 Å². The molecule has 0 radical (unpaired) electrons. The average molecular weight is 1340 g/mol. The van der Waals surface area contributed by atoms with Crippen molar-refractivity contribution in [2.75, 3.05) is 40.3 Å². The lowest BCUT2D eigenvalue weighted by atomic mass is 9.81. The molecule has 6 aliphatic carbocycles.